The molecular weight excluding hydrogens is 310 g/mol. The summed E-state index contributed by atoms with van der Waals surface area (Å²) in [4.78, 5) is 19.5. The zero-order valence-electron chi connectivity index (χ0n) is 13.1. The van der Waals surface area contributed by atoms with Gasteiger partial charge in [-0.15, -0.1) is 0 Å². The van der Waals surface area contributed by atoms with Gasteiger partial charge in [0.25, 0.3) is 0 Å². The molecule has 3 N–H and O–H groups in total. The van der Waals surface area contributed by atoms with Crippen molar-refractivity contribution in [3.05, 3.63) is 53.4 Å². The molecule has 3 rings (SSSR count). The zero-order valence-corrected chi connectivity index (χ0v) is 13.1. The lowest BCUT2D eigenvalue weighted by Crippen LogP contribution is -2.03. The Morgan fingerprint density at radius 3 is 2.42 bits per heavy atom. The van der Waals surface area contributed by atoms with Gasteiger partial charge in [-0.2, -0.15) is 4.98 Å². The van der Waals surface area contributed by atoms with E-state index in [2.05, 4.69) is 25.8 Å². The molecular formula is C16H15N5O3. The average molecular weight is 325 g/mol. The van der Waals surface area contributed by atoms with Gasteiger partial charge >= 0.3 is 5.97 Å². The van der Waals surface area contributed by atoms with Crippen LogP contribution < -0.4 is 10.6 Å². The minimum absolute atomic E-state index is 0.225. The Bertz CT molecular complexity index is 874. The molecule has 0 radical (unpaired) electrons. The summed E-state index contributed by atoms with van der Waals surface area (Å²) in [6.07, 6.45) is 0. The first-order valence-electron chi connectivity index (χ1n) is 7.16. The molecule has 24 heavy (non-hydrogen) atoms. The van der Waals surface area contributed by atoms with Crippen LogP contribution in [0.4, 0.5) is 23.3 Å². The number of carboxylic acid groups (broad SMARTS) is 1. The molecule has 2 aromatic heterocycles. The van der Waals surface area contributed by atoms with Crippen molar-refractivity contribution in [2.24, 2.45) is 0 Å². The second-order valence-electron chi connectivity index (χ2n) is 5.17. The molecule has 0 saturated heterocycles. The van der Waals surface area contributed by atoms with E-state index in [1.54, 1.807) is 31.2 Å². The first-order chi connectivity index (χ1) is 11.5. The molecule has 0 fully saturated rings. The van der Waals surface area contributed by atoms with E-state index >= 15 is 0 Å². The summed E-state index contributed by atoms with van der Waals surface area (Å²) >= 11 is 0. The van der Waals surface area contributed by atoms with Crippen LogP contribution in [0, 0.1) is 13.8 Å². The van der Waals surface area contributed by atoms with Gasteiger partial charge < -0.3 is 20.3 Å². The lowest BCUT2D eigenvalue weighted by atomic mass is 10.2. The van der Waals surface area contributed by atoms with Crippen molar-refractivity contribution in [1.82, 2.24) is 15.1 Å². The highest BCUT2D eigenvalue weighted by atomic mass is 16.5. The van der Waals surface area contributed by atoms with Gasteiger partial charge in [-0.05, 0) is 38.1 Å². The number of hydrogen-bond donors (Lipinski definition) is 3. The van der Waals surface area contributed by atoms with Crippen LogP contribution >= 0.6 is 0 Å². The van der Waals surface area contributed by atoms with Crippen LogP contribution in [0.15, 0.2) is 40.9 Å². The molecule has 0 aliphatic carbocycles. The summed E-state index contributed by atoms with van der Waals surface area (Å²) in [6, 6.07) is 9.92. The normalized spacial score (nSPS) is 10.4. The molecule has 0 spiro atoms. The second-order valence-corrected chi connectivity index (χ2v) is 5.17. The Balaban J connectivity index is 1.79. The molecule has 1 aromatic carbocycles. The van der Waals surface area contributed by atoms with Gasteiger partial charge in [0, 0.05) is 23.5 Å². The number of nitrogens with zero attached hydrogens (tertiary/aromatic N) is 3. The van der Waals surface area contributed by atoms with Crippen molar-refractivity contribution in [2.75, 3.05) is 10.6 Å². The maximum atomic E-state index is 10.9. The smallest absolute Gasteiger partial charge is 0.335 e. The fraction of sp³-hybridized carbons (Fsp3) is 0.125. The van der Waals surface area contributed by atoms with E-state index in [1.165, 1.54) is 12.1 Å². The third-order valence-corrected chi connectivity index (χ3v) is 3.13. The molecule has 0 atom stereocenters. The number of aromatic carboxylic acids is 1. The summed E-state index contributed by atoms with van der Waals surface area (Å²) in [7, 11) is 0. The second kappa shape index (κ2) is 6.37. The van der Waals surface area contributed by atoms with Crippen LogP contribution in [0.25, 0.3) is 0 Å². The molecule has 0 aliphatic rings. The number of carboxylic acids is 1. The lowest BCUT2D eigenvalue weighted by molar-refractivity contribution is 0.0697. The monoisotopic (exact) mass is 325 g/mol. The molecule has 8 nitrogen and oxygen atoms in total. The molecule has 0 bridgehead atoms. The van der Waals surface area contributed by atoms with Crippen molar-refractivity contribution in [3.8, 4) is 0 Å². The van der Waals surface area contributed by atoms with E-state index in [9.17, 15) is 4.79 Å². The Morgan fingerprint density at radius 2 is 1.79 bits per heavy atom. The molecule has 122 valence electrons. The Labute approximate surface area is 137 Å². The number of anilines is 4. The largest absolute Gasteiger partial charge is 0.478 e. The van der Waals surface area contributed by atoms with Crippen molar-refractivity contribution in [2.45, 2.75) is 13.8 Å². The maximum Gasteiger partial charge on any atom is 0.335 e. The molecule has 8 heteroatoms. The van der Waals surface area contributed by atoms with Gasteiger partial charge in [0.1, 0.15) is 11.6 Å². The van der Waals surface area contributed by atoms with E-state index in [1.807, 2.05) is 6.92 Å². The minimum Gasteiger partial charge on any atom is -0.478 e. The Hall–Kier alpha value is -3.42. The topological polar surface area (TPSA) is 113 Å². The van der Waals surface area contributed by atoms with Crippen LogP contribution in [0.2, 0.25) is 0 Å². The van der Waals surface area contributed by atoms with Crippen LogP contribution in [-0.2, 0) is 0 Å². The fourth-order valence-corrected chi connectivity index (χ4v) is 2.07. The zero-order chi connectivity index (χ0) is 17.1. The van der Waals surface area contributed by atoms with Crippen molar-refractivity contribution < 1.29 is 14.4 Å². The van der Waals surface area contributed by atoms with Crippen LogP contribution in [0.1, 0.15) is 21.8 Å². The Morgan fingerprint density at radius 1 is 1.04 bits per heavy atom. The summed E-state index contributed by atoms with van der Waals surface area (Å²) in [5.41, 5.74) is 1.71. The molecule has 0 saturated carbocycles. The summed E-state index contributed by atoms with van der Waals surface area (Å²) in [5, 5.41) is 18.8. The quantitative estimate of drug-likeness (QED) is 0.655. The van der Waals surface area contributed by atoms with E-state index in [0.717, 1.165) is 11.4 Å². The van der Waals surface area contributed by atoms with Gasteiger partial charge in [-0.1, -0.05) is 5.16 Å². The van der Waals surface area contributed by atoms with Gasteiger partial charge in [-0.3, -0.25) is 0 Å². The summed E-state index contributed by atoms with van der Waals surface area (Å²) in [6.45, 7) is 3.64. The van der Waals surface area contributed by atoms with Crippen LogP contribution in [-0.4, -0.2) is 26.2 Å². The molecule has 0 unspecified atom stereocenters. The Kier molecular flexibility index (Phi) is 4.11. The van der Waals surface area contributed by atoms with E-state index in [4.69, 9.17) is 9.63 Å². The van der Waals surface area contributed by atoms with Gasteiger partial charge in [0.15, 0.2) is 5.82 Å². The number of rotatable bonds is 5. The van der Waals surface area contributed by atoms with Gasteiger partial charge in [0.05, 0.1) is 5.56 Å². The predicted octanol–water partition coefficient (Wildman–Crippen LogP) is 3.27. The minimum atomic E-state index is -0.964. The third-order valence-electron chi connectivity index (χ3n) is 3.13. The number of aromatic nitrogens is 3. The molecule has 0 aliphatic heterocycles. The number of aryl methyl sites for hydroxylation is 2. The van der Waals surface area contributed by atoms with Gasteiger partial charge in [0.2, 0.25) is 5.95 Å². The number of benzene rings is 1. The van der Waals surface area contributed by atoms with E-state index in [0.29, 0.717) is 23.3 Å². The van der Waals surface area contributed by atoms with Gasteiger partial charge in [-0.25, -0.2) is 9.78 Å². The fourth-order valence-electron chi connectivity index (χ4n) is 2.07. The predicted molar refractivity (Wildman–Crippen MR) is 88.0 cm³/mol. The lowest BCUT2D eigenvalue weighted by Gasteiger charge is -2.09. The standard InChI is InChI=1S/C16H15N5O3/c1-9-7-13(18-12-5-3-11(4-6-12)15(22)23)19-16(17-9)20-14-8-10(2)24-21-14/h3-8H,1-2H3,(H,22,23)(H2,17,18,19,20,21). The van der Waals surface area contributed by atoms with Crippen LogP contribution in [0.3, 0.4) is 0 Å². The first kappa shape index (κ1) is 15.5. The van der Waals surface area contributed by atoms with Crippen molar-refractivity contribution in [1.29, 1.82) is 0 Å². The maximum absolute atomic E-state index is 10.9. The summed E-state index contributed by atoms with van der Waals surface area (Å²) in [5.74, 6) is 1.20. The number of carbonyl (C=O) groups is 1. The van der Waals surface area contributed by atoms with Crippen LogP contribution in [0.5, 0.6) is 0 Å². The van der Waals surface area contributed by atoms with Crippen molar-refractivity contribution >= 4 is 29.2 Å². The number of nitrogens with one attached hydrogen (secondary N) is 2. The highest BCUT2D eigenvalue weighted by molar-refractivity contribution is 5.88. The van der Waals surface area contributed by atoms with Crippen molar-refractivity contribution in [3.63, 3.8) is 0 Å². The highest BCUT2D eigenvalue weighted by Crippen LogP contribution is 2.19. The molecule has 2 heterocycles. The molecule has 0 amide bonds. The van der Waals surface area contributed by atoms with E-state index in [-0.39, 0.29) is 5.56 Å². The number of hydrogen-bond acceptors (Lipinski definition) is 7. The molecule has 3 aromatic rings. The third kappa shape index (κ3) is 3.67. The SMILES string of the molecule is Cc1cc(Nc2ccc(C(=O)O)cc2)nc(Nc2cc(C)on2)n1. The highest BCUT2D eigenvalue weighted by Gasteiger charge is 2.07. The summed E-state index contributed by atoms with van der Waals surface area (Å²) < 4.78 is 4.99. The average Bonchev–Trinajstić information content (AvgIpc) is 2.92. The first-order valence-corrected chi connectivity index (χ1v) is 7.16. The van der Waals surface area contributed by atoms with E-state index < -0.39 is 5.97 Å².